The highest BCUT2D eigenvalue weighted by Gasteiger charge is 2.35. The first-order valence-corrected chi connectivity index (χ1v) is 9.44. The van der Waals surface area contributed by atoms with Crippen LogP contribution in [0.5, 0.6) is 0 Å². The van der Waals surface area contributed by atoms with Gasteiger partial charge in [0.1, 0.15) is 0 Å². The Morgan fingerprint density at radius 3 is 2.43 bits per heavy atom. The van der Waals surface area contributed by atoms with Gasteiger partial charge in [-0.15, -0.1) is 6.58 Å². The van der Waals surface area contributed by atoms with Gasteiger partial charge in [-0.3, -0.25) is 19.3 Å². The third-order valence-electron chi connectivity index (χ3n) is 5.33. The minimum absolute atomic E-state index is 0.104. The van der Waals surface area contributed by atoms with Crippen molar-refractivity contribution in [3.05, 3.63) is 47.5 Å². The highest BCUT2D eigenvalue weighted by Crippen LogP contribution is 2.25. The van der Waals surface area contributed by atoms with Crippen molar-refractivity contribution in [2.75, 3.05) is 13.2 Å². The van der Waals surface area contributed by atoms with Gasteiger partial charge >= 0.3 is 5.97 Å². The summed E-state index contributed by atoms with van der Waals surface area (Å²) < 4.78 is 5.18. The molecule has 3 amide bonds. The summed E-state index contributed by atoms with van der Waals surface area (Å²) in [4.78, 5) is 52.3. The first kappa shape index (κ1) is 19.8. The predicted octanol–water partition coefficient (Wildman–Crippen LogP) is 2.41. The molecule has 1 aromatic carbocycles. The molecule has 1 saturated heterocycles. The summed E-state index contributed by atoms with van der Waals surface area (Å²) in [6.45, 7) is 7.28. The molecule has 7 heteroatoms. The molecular weight excluding hydrogens is 360 g/mol. The Morgan fingerprint density at radius 2 is 1.79 bits per heavy atom. The Bertz CT molecular complexity index is 837. The van der Waals surface area contributed by atoms with E-state index in [1.54, 1.807) is 4.90 Å². The summed E-state index contributed by atoms with van der Waals surface area (Å²) in [5, 5.41) is 0. The molecule has 7 nitrogen and oxygen atoms in total. The van der Waals surface area contributed by atoms with Crippen molar-refractivity contribution >= 4 is 23.7 Å². The number of fused-ring (bicyclic) bond motifs is 1. The molecule has 3 rings (SSSR count). The number of piperidine rings is 1. The number of likely N-dealkylation sites (tertiary alicyclic amines) is 1. The van der Waals surface area contributed by atoms with E-state index in [2.05, 4.69) is 6.58 Å². The van der Waals surface area contributed by atoms with E-state index in [4.69, 9.17) is 4.74 Å². The quantitative estimate of drug-likeness (QED) is 0.442. The SMILES string of the molecule is C=CCN1C(=O)c2ccc(C(=O)OCC(=O)N3[C@H](C)CCC[C@H]3C)cc2C1=O. The molecule has 2 aliphatic rings. The van der Waals surface area contributed by atoms with Gasteiger partial charge in [0, 0.05) is 18.6 Å². The highest BCUT2D eigenvalue weighted by molar-refractivity contribution is 6.22. The number of nitrogens with zero attached hydrogens (tertiary/aromatic N) is 2. The number of carbonyl (C=O) groups excluding carboxylic acids is 4. The molecule has 0 radical (unpaired) electrons. The zero-order valence-electron chi connectivity index (χ0n) is 16.1. The molecule has 2 heterocycles. The van der Waals surface area contributed by atoms with Crippen LogP contribution < -0.4 is 0 Å². The van der Waals surface area contributed by atoms with Gasteiger partial charge in [-0.25, -0.2) is 4.79 Å². The van der Waals surface area contributed by atoms with E-state index >= 15 is 0 Å². The standard InChI is InChI=1S/C21H24N2O5/c1-4-10-22-19(25)16-9-8-15(11-17(16)20(22)26)21(27)28-12-18(24)23-13(2)6-5-7-14(23)3/h4,8-9,11,13-14H,1,5-7,10,12H2,2-3H3/t13-,14-/m1/s1. The number of esters is 1. The van der Waals surface area contributed by atoms with Crippen molar-refractivity contribution in [2.45, 2.75) is 45.2 Å². The number of rotatable bonds is 5. The number of carbonyl (C=O) groups is 4. The van der Waals surface area contributed by atoms with E-state index in [1.165, 1.54) is 24.3 Å². The Kier molecular flexibility index (Phi) is 5.63. The van der Waals surface area contributed by atoms with Gasteiger partial charge in [-0.2, -0.15) is 0 Å². The fourth-order valence-electron chi connectivity index (χ4n) is 3.91. The molecule has 0 spiro atoms. The van der Waals surface area contributed by atoms with Gasteiger partial charge < -0.3 is 9.64 Å². The Morgan fingerprint density at radius 1 is 1.14 bits per heavy atom. The van der Waals surface area contributed by atoms with Gasteiger partial charge in [-0.1, -0.05) is 6.08 Å². The van der Waals surface area contributed by atoms with Crippen LogP contribution in [0.4, 0.5) is 0 Å². The largest absolute Gasteiger partial charge is 0.452 e. The van der Waals surface area contributed by atoms with Gasteiger partial charge in [0.05, 0.1) is 16.7 Å². The third-order valence-corrected chi connectivity index (χ3v) is 5.33. The maximum atomic E-state index is 12.5. The van der Waals surface area contributed by atoms with Crippen LogP contribution in [0.3, 0.4) is 0 Å². The van der Waals surface area contributed by atoms with Crippen molar-refractivity contribution in [3.8, 4) is 0 Å². The molecule has 0 aliphatic carbocycles. The van der Waals surface area contributed by atoms with Crippen LogP contribution in [0.25, 0.3) is 0 Å². The lowest BCUT2D eigenvalue weighted by atomic mass is 9.97. The molecule has 2 aliphatic heterocycles. The molecule has 0 N–H and O–H groups in total. The van der Waals surface area contributed by atoms with Crippen molar-refractivity contribution in [1.29, 1.82) is 0 Å². The minimum atomic E-state index is -0.698. The lowest BCUT2D eigenvalue weighted by molar-refractivity contribution is -0.140. The summed E-state index contributed by atoms with van der Waals surface area (Å²) in [5.41, 5.74) is 0.536. The van der Waals surface area contributed by atoms with Crippen LogP contribution in [-0.4, -0.2) is 58.7 Å². The van der Waals surface area contributed by atoms with Crippen LogP contribution in [0.15, 0.2) is 30.9 Å². The molecule has 0 unspecified atom stereocenters. The fraction of sp³-hybridized carbons (Fsp3) is 0.429. The fourth-order valence-corrected chi connectivity index (χ4v) is 3.91. The molecular formula is C21H24N2O5. The second-order valence-corrected chi connectivity index (χ2v) is 7.28. The normalized spacial score (nSPS) is 21.5. The number of imide groups is 1. The van der Waals surface area contributed by atoms with Crippen molar-refractivity contribution in [2.24, 2.45) is 0 Å². The summed E-state index contributed by atoms with van der Waals surface area (Å²) in [7, 11) is 0. The van der Waals surface area contributed by atoms with Gasteiger partial charge in [0.2, 0.25) is 0 Å². The summed E-state index contributed by atoms with van der Waals surface area (Å²) >= 11 is 0. The topological polar surface area (TPSA) is 84.0 Å². The highest BCUT2D eigenvalue weighted by atomic mass is 16.5. The predicted molar refractivity (Wildman–Crippen MR) is 102 cm³/mol. The van der Waals surface area contributed by atoms with Crippen molar-refractivity contribution in [1.82, 2.24) is 9.80 Å². The van der Waals surface area contributed by atoms with Gasteiger partial charge in [0.15, 0.2) is 6.61 Å². The first-order chi connectivity index (χ1) is 13.3. The first-order valence-electron chi connectivity index (χ1n) is 9.44. The second-order valence-electron chi connectivity index (χ2n) is 7.28. The van der Waals surface area contributed by atoms with Crippen LogP contribution in [0.1, 0.15) is 64.2 Å². The van der Waals surface area contributed by atoms with E-state index in [-0.39, 0.29) is 47.8 Å². The van der Waals surface area contributed by atoms with Gasteiger partial charge in [-0.05, 0) is 51.3 Å². The molecule has 0 aromatic heterocycles. The molecule has 0 saturated carbocycles. The second kappa shape index (κ2) is 7.96. The molecule has 1 aromatic rings. The number of hydrogen-bond acceptors (Lipinski definition) is 5. The lowest BCUT2D eigenvalue weighted by Crippen LogP contribution is -2.49. The average molecular weight is 384 g/mol. The molecule has 0 bridgehead atoms. The Hall–Kier alpha value is -2.96. The zero-order valence-corrected chi connectivity index (χ0v) is 16.1. The smallest absolute Gasteiger partial charge is 0.338 e. The third kappa shape index (κ3) is 3.56. The van der Waals surface area contributed by atoms with Crippen LogP contribution in [0, 0.1) is 0 Å². The molecule has 148 valence electrons. The average Bonchev–Trinajstić information content (AvgIpc) is 2.90. The summed E-state index contributed by atoms with van der Waals surface area (Å²) in [6, 6.07) is 4.45. The van der Waals surface area contributed by atoms with Crippen molar-refractivity contribution < 1.29 is 23.9 Å². The maximum absolute atomic E-state index is 12.5. The molecule has 1 fully saturated rings. The number of amides is 3. The zero-order chi connectivity index (χ0) is 20.4. The molecule has 2 atom stereocenters. The van der Waals surface area contributed by atoms with E-state index in [0.29, 0.717) is 0 Å². The Labute approximate surface area is 163 Å². The Balaban J connectivity index is 1.68. The van der Waals surface area contributed by atoms with E-state index in [0.717, 1.165) is 24.2 Å². The number of hydrogen-bond donors (Lipinski definition) is 0. The van der Waals surface area contributed by atoms with Crippen LogP contribution in [-0.2, 0) is 9.53 Å². The summed E-state index contributed by atoms with van der Waals surface area (Å²) in [6.07, 6.45) is 4.42. The van der Waals surface area contributed by atoms with Crippen molar-refractivity contribution in [3.63, 3.8) is 0 Å². The van der Waals surface area contributed by atoms with E-state index in [1.807, 2.05) is 13.8 Å². The summed E-state index contributed by atoms with van der Waals surface area (Å²) in [5.74, 6) is -1.81. The maximum Gasteiger partial charge on any atom is 0.338 e. The minimum Gasteiger partial charge on any atom is -0.452 e. The van der Waals surface area contributed by atoms with Gasteiger partial charge in [0.25, 0.3) is 17.7 Å². The van der Waals surface area contributed by atoms with E-state index in [9.17, 15) is 19.2 Å². The molecule has 28 heavy (non-hydrogen) atoms. The van der Waals surface area contributed by atoms with Crippen LogP contribution >= 0.6 is 0 Å². The monoisotopic (exact) mass is 384 g/mol. The van der Waals surface area contributed by atoms with Crippen LogP contribution in [0.2, 0.25) is 0 Å². The van der Waals surface area contributed by atoms with E-state index < -0.39 is 17.8 Å². The number of benzene rings is 1. The number of ether oxygens (including phenoxy) is 1. The lowest BCUT2D eigenvalue weighted by Gasteiger charge is -2.38.